The van der Waals surface area contributed by atoms with Gasteiger partial charge in [-0.3, -0.25) is 0 Å². The first-order valence-electron chi connectivity index (χ1n) is 4.24. The molecule has 0 saturated heterocycles. The van der Waals surface area contributed by atoms with Gasteiger partial charge in [0.15, 0.2) is 0 Å². The van der Waals surface area contributed by atoms with Crippen LogP contribution in [0.4, 0.5) is 0 Å². The van der Waals surface area contributed by atoms with E-state index in [0.717, 1.165) is 19.4 Å². The lowest BCUT2D eigenvalue weighted by molar-refractivity contribution is -0.134. The molecule has 0 rings (SSSR count). The predicted molar refractivity (Wildman–Crippen MR) is 48.9 cm³/mol. The Kier molecular flexibility index (Phi) is 5.17. The fourth-order valence-corrected chi connectivity index (χ4v) is 1.02. The summed E-state index contributed by atoms with van der Waals surface area (Å²) in [4.78, 5) is 12.4. The molecule has 0 atom stereocenters. The molecule has 0 aliphatic carbocycles. The summed E-state index contributed by atoms with van der Waals surface area (Å²) in [7, 11) is 1.80. The highest BCUT2D eigenvalue weighted by Gasteiger charge is 2.09. The van der Waals surface area contributed by atoms with E-state index >= 15 is 0 Å². The summed E-state index contributed by atoms with van der Waals surface area (Å²) < 4.78 is 0. The van der Waals surface area contributed by atoms with E-state index in [4.69, 9.17) is 5.11 Å². The van der Waals surface area contributed by atoms with Crippen LogP contribution >= 0.6 is 0 Å². The van der Waals surface area contributed by atoms with Crippen molar-refractivity contribution >= 4 is 5.97 Å². The predicted octanol–water partition coefficient (Wildman–Crippen LogP) is 1.71. The molecule has 0 aromatic heterocycles. The minimum Gasteiger partial charge on any atom is -0.477 e. The van der Waals surface area contributed by atoms with E-state index in [9.17, 15) is 4.79 Å². The third-order valence-corrected chi connectivity index (χ3v) is 1.75. The Morgan fingerprint density at radius 3 is 2.50 bits per heavy atom. The molecule has 1 N–H and O–H groups in total. The molecule has 0 heterocycles. The van der Waals surface area contributed by atoms with E-state index in [-0.39, 0.29) is 0 Å². The number of carbonyl (C=O) groups is 1. The number of allylic oxidation sites excluding steroid dienone is 1. The first kappa shape index (κ1) is 11.0. The van der Waals surface area contributed by atoms with Gasteiger partial charge in [0.2, 0.25) is 0 Å². The number of aliphatic carboxylic acids is 1. The number of hydrogen-bond acceptors (Lipinski definition) is 2. The topological polar surface area (TPSA) is 40.5 Å². The van der Waals surface area contributed by atoms with Crippen molar-refractivity contribution in [1.29, 1.82) is 0 Å². The van der Waals surface area contributed by atoms with Crippen molar-refractivity contribution in [3.63, 3.8) is 0 Å². The number of likely N-dealkylation sites (N-methyl/N-ethyl adjacent to an activating group) is 1. The lowest BCUT2D eigenvalue weighted by atomic mass is 10.3. The molecule has 0 fully saturated rings. The van der Waals surface area contributed by atoms with Crippen LogP contribution in [-0.4, -0.2) is 29.6 Å². The highest BCUT2D eigenvalue weighted by atomic mass is 16.4. The average molecular weight is 171 g/mol. The monoisotopic (exact) mass is 171 g/mol. The molecular weight excluding hydrogens is 154 g/mol. The van der Waals surface area contributed by atoms with Crippen LogP contribution in [0.2, 0.25) is 0 Å². The summed E-state index contributed by atoms with van der Waals surface area (Å²) in [6.45, 7) is 4.64. The molecule has 0 bridgehead atoms. The van der Waals surface area contributed by atoms with Crippen molar-refractivity contribution in [2.45, 2.75) is 26.7 Å². The molecular formula is C9H17NO2. The standard InChI is InChI=1S/C9H17NO2/c1-4-6-7-10(3)8(5-2)9(11)12/h5H,4,6-7H2,1-3H3,(H,11,12). The van der Waals surface area contributed by atoms with Gasteiger partial charge in [0, 0.05) is 13.6 Å². The minimum atomic E-state index is -0.851. The van der Waals surface area contributed by atoms with E-state index in [0.29, 0.717) is 5.70 Å². The van der Waals surface area contributed by atoms with E-state index < -0.39 is 5.97 Å². The number of carboxylic acids is 1. The minimum absolute atomic E-state index is 0.378. The summed E-state index contributed by atoms with van der Waals surface area (Å²) in [6.07, 6.45) is 3.74. The molecule has 0 saturated carbocycles. The van der Waals surface area contributed by atoms with Crippen LogP contribution in [0, 0.1) is 0 Å². The third-order valence-electron chi connectivity index (χ3n) is 1.75. The molecule has 70 valence electrons. The molecule has 0 aromatic rings. The second-order valence-electron chi connectivity index (χ2n) is 2.75. The summed E-state index contributed by atoms with van der Waals surface area (Å²) in [5.74, 6) is -0.851. The van der Waals surface area contributed by atoms with Gasteiger partial charge in [-0.15, -0.1) is 0 Å². The second-order valence-corrected chi connectivity index (χ2v) is 2.75. The lowest BCUT2D eigenvalue weighted by Crippen LogP contribution is -2.24. The Morgan fingerprint density at radius 1 is 1.58 bits per heavy atom. The average Bonchev–Trinajstić information content (AvgIpc) is 2.01. The van der Waals surface area contributed by atoms with Crippen molar-refractivity contribution in [3.05, 3.63) is 11.8 Å². The zero-order chi connectivity index (χ0) is 9.56. The van der Waals surface area contributed by atoms with Crippen LogP contribution < -0.4 is 0 Å². The van der Waals surface area contributed by atoms with E-state index in [1.165, 1.54) is 0 Å². The van der Waals surface area contributed by atoms with Gasteiger partial charge >= 0.3 is 5.97 Å². The van der Waals surface area contributed by atoms with Gasteiger partial charge < -0.3 is 10.0 Å². The van der Waals surface area contributed by atoms with Gasteiger partial charge in [-0.05, 0) is 13.3 Å². The van der Waals surface area contributed by atoms with Crippen molar-refractivity contribution < 1.29 is 9.90 Å². The molecule has 12 heavy (non-hydrogen) atoms. The smallest absolute Gasteiger partial charge is 0.351 e. The largest absolute Gasteiger partial charge is 0.477 e. The fourth-order valence-electron chi connectivity index (χ4n) is 1.02. The molecule has 0 spiro atoms. The molecule has 0 aliphatic rings. The van der Waals surface area contributed by atoms with Crippen LogP contribution in [0.25, 0.3) is 0 Å². The first-order valence-corrected chi connectivity index (χ1v) is 4.24. The van der Waals surface area contributed by atoms with Crippen molar-refractivity contribution in [2.24, 2.45) is 0 Å². The fraction of sp³-hybridized carbons (Fsp3) is 0.667. The maximum absolute atomic E-state index is 10.6. The Balaban J connectivity index is 4.05. The van der Waals surface area contributed by atoms with Gasteiger partial charge in [0.1, 0.15) is 5.70 Å². The molecule has 0 radical (unpaired) electrons. The van der Waals surface area contributed by atoms with Gasteiger partial charge in [0.25, 0.3) is 0 Å². The number of nitrogens with zero attached hydrogens (tertiary/aromatic N) is 1. The van der Waals surface area contributed by atoms with E-state index in [1.807, 2.05) is 0 Å². The van der Waals surface area contributed by atoms with Gasteiger partial charge in [-0.2, -0.15) is 0 Å². The summed E-state index contributed by atoms with van der Waals surface area (Å²) >= 11 is 0. The van der Waals surface area contributed by atoms with Crippen LogP contribution in [0.1, 0.15) is 26.7 Å². The number of unbranched alkanes of at least 4 members (excludes halogenated alkanes) is 1. The zero-order valence-corrected chi connectivity index (χ0v) is 8.00. The van der Waals surface area contributed by atoms with Gasteiger partial charge in [0.05, 0.1) is 0 Å². The highest BCUT2D eigenvalue weighted by molar-refractivity contribution is 5.85. The molecule has 3 nitrogen and oxygen atoms in total. The number of hydrogen-bond donors (Lipinski definition) is 1. The molecule has 0 aliphatic heterocycles. The quantitative estimate of drug-likeness (QED) is 0.640. The summed E-state index contributed by atoms with van der Waals surface area (Å²) in [6, 6.07) is 0. The third kappa shape index (κ3) is 3.42. The van der Waals surface area contributed by atoms with Gasteiger partial charge in [-0.25, -0.2) is 4.79 Å². The van der Waals surface area contributed by atoms with Gasteiger partial charge in [-0.1, -0.05) is 19.4 Å². The maximum Gasteiger partial charge on any atom is 0.351 e. The van der Waals surface area contributed by atoms with E-state index in [2.05, 4.69) is 6.92 Å². The SMILES string of the molecule is CC=C(C(=O)O)N(C)CCCC. The van der Waals surface area contributed by atoms with Crippen LogP contribution in [0.15, 0.2) is 11.8 Å². The van der Waals surface area contributed by atoms with Crippen LogP contribution in [-0.2, 0) is 4.79 Å². The zero-order valence-electron chi connectivity index (χ0n) is 8.00. The first-order chi connectivity index (χ1) is 5.63. The molecule has 0 amide bonds. The normalized spacial score (nSPS) is 11.4. The van der Waals surface area contributed by atoms with Crippen molar-refractivity contribution in [2.75, 3.05) is 13.6 Å². The molecule has 3 heteroatoms. The Morgan fingerprint density at radius 2 is 2.17 bits per heavy atom. The van der Waals surface area contributed by atoms with Crippen molar-refractivity contribution in [1.82, 2.24) is 4.90 Å². The number of rotatable bonds is 5. The summed E-state index contributed by atoms with van der Waals surface area (Å²) in [5.41, 5.74) is 0.378. The Labute approximate surface area is 73.7 Å². The number of carboxylic acid groups (broad SMARTS) is 1. The molecule has 0 aromatic carbocycles. The Bertz CT molecular complexity index is 175. The van der Waals surface area contributed by atoms with Crippen LogP contribution in [0.3, 0.4) is 0 Å². The maximum atomic E-state index is 10.6. The lowest BCUT2D eigenvalue weighted by Gasteiger charge is -2.18. The van der Waals surface area contributed by atoms with Crippen molar-refractivity contribution in [3.8, 4) is 0 Å². The van der Waals surface area contributed by atoms with E-state index in [1.54, 1.807) is 24.9 Å². The van der Waals surface area contributed by atoms with Crippen LogP contribution in [0.5, 0.6) is 0 Å². The second kappa shape index (κ2) is 5.63. The highest BCUT2D eigenvalue weighted by Crippen LogP contribution is 2.03. The Hall–Kier alpha value is -0.990. The summed E-state index contributed by atoms with van der Waals surface area (Å²) in [5, 5.41) is 8.73. The molecule has 0 unspecified atom stereocenters.